The minimum absolute atomic E-state index is 0.152. The van der Waals surface area contributed by atoms with Crippen molar-refractivity contribution in [2.24, 2.45) is 5.92 Å². The molecule has 78 valence electrons. The van der Waals surface area contributed by atoms with Gasteiger partial charge in [0.1, 0.15) is 5.75 Å². The molecule has 0 amide bonds. The van der Waals surface area contributed by atoms with Crippen molar-refractivity contribution in [1.82, 2.24) is 0 Å². The molecule has 2 heteroatoms. The van der Waals surface area contributed by atoms with Crippen molar-refractivity contribution in [1.29, 1.82) is 0 Å². The molecule has 0 unspecified atom stereocenters. The van der Waals surface area contributed by atoms with E-state index in [0.29, 0.717) is 10.9 Å². The summed E-state index contributed by atoms with van der Waals surface area (Å²) in [4.78, 5) is 0. The molecule has 1 aromatic carbocycles. The summed E-state index contributed by atoms with van der Waals surface area (Å²) in [5.41, 5.74) is 1.17. The van der Waals surface area contributed by atoms with E-state index in [1.54, 1.807) is 6.07 Å². The molecule has 0 heterocycles. The lowest BCUT2D eigenvalue weighted by Crippen LogP contribution is -2.01. The number of benzene rings is 1. The van der Waals surface area contributed by atoms with Crippen molar-refractivity contribution in [3.8, 4) is 5.75 Å². The normalized spacial score (nSPS) is 19.4. The predicted molar refractivity (Wildman–Crippen MR) is 63.2 cm³/mol. The molecule has 0 radical (unpaired) electrons. The van der Waals surface area contributed by atoms with E-state index in [1.165, 1.54) is 5.56 Å². The second-order valence-electron chi connectivity index (χ2n) is 3.80. The maximum atomic E-state index is 9.29. The molecule has 1 aromatic rings. The minimum Gasteiger partial charge on any atom is -0.506 e. The first-order valence-electron chi connectivity index (χ1n) is 5.06. The van der Waals surface area contributed by atoms with Crippen LogP contribution in [0.2, 0.25) is 5.02 Å². The molecule has 15 heavy (non-hydrogen) atoms. The van der Waals surface area contributed by atoms with Gasteiger partial charge in [0.25, 0.3) is 0 Å². The monoisotopic (exact) mass is 220 g/mol. The van der Waals surface area contributed by atoms with Crippen molar-refractivity contribution in [3.05, 3.63) is 53.1 Å². The smallest absolute Gasteiger partial charge is 0.134 e. The predicted octanol–water partition coefficient (Wildman–Crippen LogP) is 3.72. The van der Waals surface area contributed by atoms with Crippen molar-refractivity contribution in [2.45, 2.75) is 12.8 Å². The van der Waals surface area contributed by atoms with Crippen molar-refractivity contribution < 1.29 is 5.11 Å². The van der Waals surface area contributed by atoms with Gasteiger partial charge in [-0.15, -0.1) is 0 Å². The van der Waals surface area contributed by atoms with Gasteiger partial charge < -0.3 is 5.11 Å². The Labute approximate surface area is 94.7 Å². The summed E-state index contributed by atoms with van der Waals surface area (Å²) >= 11 is 5.85. The Hall–Kier alpha value is -1.21. The van der Waals surface area contributed by atoms with E-state index in [1.807, 2.05) is 12.1 Å². The molecule has 0 fully saturated rings. The van der Waals surface area contributed by atoms with Crippen molar-refractivity contribution >= 4 is 11.6 Å². The maximum Gasteiger partial charge on any atom is 0.134 e. The Morgan fingerprint density at radius 1 is 1.33 bits per heavy atom. The largest absolute Gasteiger partial charge is 0.506 e. The molecule has 0 aliphatic heterocycles. The number of phenols is 1. The fraction of sp³-hybridized carbons (Fsp3) is 0.231. The highest BCUT2D eigenvalue weighted by Gasteiger charge is 2.07. The number of halogens is 1. The summed E-state index contributed by atoms with van der Waals surface area (Å²) in [6.45, 7) is 0. The van der Waals surface area contributed by atoms with Crippen LogP contribution in [0.5, 0.6) is 5.75 Å². The van der Waals surface area contributed by atoms with Crippen LogP contribution in [-0.2, 0) is 6.42 Å². The summed E-state index contributed by atoms with van der Waals surface area (Å²) in [7, 11) is 0. The molecule has 0 saturated carbocycles. The summed E-state index contributed by atoms with van der Waals surface area (Å²) in [5.74, 6) is 0.704. The van der Waals surface area contributed by atoms with E-state index in [2.05, 4.69) is 24.3 Å². The molecular formula is C13H13ClO. The fourth-order valence-corrected chi connectivity index (χ4v) is 1.97. The van der Waals surface area contributed by atoms with Gasteiger partial charge in [0.15, 0.2) is 0 Å². The highest BCUT2D eigenvalue weighted by atomic mass is 35.5. The lowest BCUT2D eigenvalue weighted by atomic mass is 9.93. The zero-order valence-electron chi connectivity index (χ0n) is 8.36. The second-order valence-corrected chi connectivity index (χ2v) is 4.21. The van der Waals surface area contributed by atoms with Crippen LogP contribution < -0.4 is 0 Å². The molecule has 0 saturated heterocycles. The SMILES string of the molecule is Oc1ccc(C[C@H]2C=CC=CC2)cc1Cl. The standard InChI is InChI=1S/C13H13ClO/c14-12-9-11(6-7-13(12)15)8-10-4-2-1-3-5-10/h1-4,6-7,9-10,15H,5,8H2/t10-/m0/s1. The van der Waals surface area contributed by atoms with E-state index in [0.717, 1.165) is 12.8 Å². The third kappa shape index (κ3) is 2.63. The first-order valence-corrected chi connectivity index (χ1v) is 5.44. The van der Waals surface area contributed by atoms with Crippen LogP contribution in [0.25, 0.3) is 0 Å². The van der Waals surface area contributed by atoms with Gasteiger partial charge in [-0.25, -0.2) is 0 Å². The van der Waals surface area contributed by atoms with Crippen LogP contribution in [0.1, 0.15) is 12.0 Å². The fourth-order valence-electron chi connectivity index (χ4n) is 1.76. The second kappa shape index (κ2) is 4.54. The molecule has 1 nitrogen and oxygen atoms in total. The van der Waals surface area contributed by atoms with Crippen LogP contribution >= 0.6 is 11.6 Å². The van der Waals surface area contributed by atoms with Gasteiger partial charge in [-0.05, 0) is 36.5 Å². The van der Waals surface area contributed by atoms with E-state index in [9.17, 15) is 5.11 Å². The Balaban J connectivity index is 2.07. The number of hydrogen-bond donors (Lipinski definition) is 1. The molecule has 1 aliphatic rings. The van der Waals surface area contributed by atoms with Crippen LogP contribution in [0.4, 0.5) is 0 Å². The van der Waals surface area contributed by atoms with Gasteiger partial charge in [-0.3, -0.25) is 0 Å². The first-order chi connectivity index (χ1) is 7.25. The van der Waals surface area contributed by atoms with Crippen LogP contribution in [-0.4, -0.2) is 5.11 Å². The molecule has 0 bridgehead atoms. The van der Waals surface area contributed by atoms with E-state index in [4.69, 9.17) is 11.6 Å². The van der Waals surface area contributed by atoms with E-state index < -0.39 is 0 Å². The number of hydrogen-bond acceptors (Lipinski definition) is 1. The van der Waals surface area contributed by atoms with Gasteiger partial charge in [0, 0.05) is 0 Å². The van der Waals surface area contributed by atoms with Crippen LogP contribution in [0.3, 0.4) is 0 Å². The average Bonchev–Trinajstić information content (AvgIpc) is 2.25. The quantitative estimate of drug-likeness (QED) is 0.806. The summed E-state index contributed by atoms with van der Waals surface area (Å²) < 4.78 is 0. The molecule has 0 spiro atoms. The highest BCUT2D eigenvalue weighted by molar-refractivity contribution is 6.32. The third-order valence-corrected chi connectivity index (χ3v) is 2.88. The van der Waals surface area contributed by atoms with Crippen LogP contribution in [0, 0.1) is 5.92 Å². The lowest BCUT2D eigenvalue weighted by molar-refractivity contribution is 0.475. The summed E-state index contributed by atoms with van der Waals surface area (Å²) in [6.07, 6.45) is 10.6. The Bertz CT molecular complexity index is 407. The summed E-state index contributed by atoms with van der Waals surface area (Å²) in [6, 6.07) is 5.41. The first kappa shape index (κ1) is 10.3. The summed E-state index contributed by atoms with van der Waals surface area (Å²) in [5, 5.41) is 9.73. The van der Waals surface area contributed by atoms with Gasteiger partial charge in [-0.1, -0.05) is 42.0 Å². The molecule has 1 atom stereocenters. The third-order valence-electron chi connectivity index (χ3n) is 2.58. The molecule has 1 aliphatic carbocycles. The van der Waals surface area contributed by atoms with Crippen LogP contribution in [0.15, 0.2) is 42.5 Å². The molecule has 0 aromatic heterocycles. The number of rotatable bonds is 2. The Kier molecular flexibility index (Phi) is 3.12. The number of aromatic hydroxyl groups is 1. The Morgan fingerprint density at radius 2 is 2.20 bits per heavy atom. The van der Waals surface area contributed by atoms with Gasteiger partial charge >= 0.3 is 0 Å². The number of allylic oxidation sites excluding steroid dienone is 4. The van der Waals surface area contributed by atoms with Crippen molar-refractivity contribution in [3.63, 3.8) is 0 Å². The van der Waals surface area contributed by atoms with E-state index >= 15 is 0 Å². The highest BCUT2D eigenvalue weighted by Crippen LogP contribution is 2.26. The minimum atomic E-state index is 0.152. The van der Waals surface area contributed by atoms with Gasteiger partial charge in [0.05, 0.1) is 5.02 Å². The lowest BCUT2D eigenvalue weighted by Gasteiger charge is -2.13. The van der Waals surface area contributed by atoms with E-state index in [-0.39, 0.29) is 5.75 Å². The van der Waals surface area contributed by atoms with Crippen molar-refractivity contribution in [2.75, 3.05) is 0 Å². The number of phenolic OH excluding ortho intramolecular Hbond substituents is 1. The molecule has 1 N–H and O–H groups in total. The average molecular weight is 221 g/mol. The zero-order chi connectivity index (χ0) is 10.7. The molecular weight excluding hydrogens is 208 g/mol. The van der Waals surface area contributed by atoms with Gasteiger partial charge in [-0.2, -0.15) is 0 Å². The maximum absolute atomic E-state index is 9.29. The zero-order valence-corrected chi connectivity index (χ0v) is 9.11. The van der Waals surface area contributed by atoms with Gasteiger partial charge in [0.2, 0.25) is 0 Å². The topological polar surface area (TPSA) is 20.2 Å². The Morgan fingerprint density at radius 3 is 2.87 bits per heavy atom. The molecule has 2 rings (SSSR count).